The van der Waals surface area contributed by atoms with E-state index in [1.54, 1.807) is 17.0 Å². The lowest BCUT2D eigenvalue weighted by molar-refractivity contribution is -0.137. The van der Waals surface area contributed by atoms with Gasteiger partial charge in [0.2, 0.25) is 5.91 Å². The van der Waals surface area contributed by atoms with E-state index in [9.17, 15) is 14.0 Å². The highest BCUT2D eigenvalue weighted by molar-refractivity contribution is 6.01. The average Bonchev–Trinajstić information content (AvgIpc) is 3.33. The van der Waals surface area contributed by atoms with E-state index in [4.69, 9.17) is 0 Å². The van der Waals surface area contributed by atoms with Gasteiger partial charge in [-0.15, -0.1) is 0 Å². The van der Waals surface area contributed by atoms with Crippen LogP contribution in [0.3, 0.4) is 0 Å². The summed E-state index contributed by atoms with van der Waals surface area (Å²) < 4.78 is 13.2. The summed E-state index contributed by atoms with van der Waals surface area (Å²) in [7, 11) is 0. The monoisotopic (exact) mass is 416 g/mol. The minimum atomic E-state index is -0.254. The minimum absolute atomic E-state index is 0.0660. The Morgan fingerprint density at radius 1 is 0.839 bits per heavy atom. The topological polar surface area (TPSA) is 40.6 Å². The van der Waals surface area contributed by atoms with Crippen LogP contribution in [-0.4, -0.2) is 47.3 Å². The van der Waals surface area contributed by atoms with Crippen molar-refractivity contribution in [1.29, 1.82) is 0 Å². The number of hydrogen-bond donors (Lipinski definition) is 0. The zero-order valence-electron chi connectivity index (χ0n) is 17.4. The van der Waals surface area contributed by atoms with Gasteiger partial charge in [-0.2, -0.15) is 0 Å². The molecule has 2 aliphatic rings. The zero-order valence-corrected chi connectivity index (χ0v) is 17.4. The molecule has 0 radical (unpaired) electrons. The smallest absolute Gasteiger partial charge is 0.254 e. The van der Waals surface area contributed by atoms with E-state index in [1.165, 1.54) is 25.0 Å². The van der Waals surface area contributed by atoms with E-state index >= 15 is 0 Å². The quantitative estimate of drug-likeness (QED) is 0.611. The maximum atomic E-state index is 13.2. The van der Waals surface area contributed by atoms with Crippen LogP contribution in [0.15, 0.2) is 60.7 Å². The van der Waals surface area contributed by atoms with Crippen molar-refractivity contribution in [3.63, 3.8) is 0 Å². The largest absolute Gasteiger partial charge is 0.336 e. The molecule has 0 N–H and O–H groups in total. The molecule has 0 unspecified atom stereocenters. The van der Waals surface area contributed by atoms with E-state index < -0.39 is 0 Å². The number of hydrogen-bond acceptors (Lipinski definition) is 2. The Morgan fingerprint density at radius 2 is 1.52 bits per heavy atom. The molecule has 4 nitrogen and oxygen atoms in total. The maximum absolute atomic E-state index is 13.2. The molecule has 1 heterocycles. The van der Waals surface area contributed by atoms with Crippen molar-refractivity contribution in [2.24, 2.45) is 0 Å². The average molecular weight is 416 g/mol. The number of piperazine rings is 1. The second-order valence-electron chi connectivity index (χ2n) is 8.54. The van der Waals surface area contributed by atoms with E-state index in [-0.39, 0.29) is 24.2 Å². The Bertz CT molecular complexity index is 1140. The van der Waals surface area contributed by atoms with Gasteiger partial charge in [0.05, 0.1) is 0 Å². The fourth-order valence-electron chi connectivity index (χ4n) is 4.85. The van der Waals surface area contributed by atoms with Crippen molar-refractivity contribution in [1.82, 2.24) is 9.80 Å². The first-order valence-corrected chi connectivity index (χ1v) is 11.0. The number of carbonyl (C=O) groups excluding carboxylic acids is 2. The molecule has 5 heteroatoms. The summed E-state index contributed by atoms with van der Waals surface area (Å²) in [6.07, 6.45) is 4.56. The van der Waals surface area contributed by atoms with Gasteiger partial charge in [-0.25, -0.2) is 4.39 Å². The zero-order chi connectivity index (χ0) is 21.4. The van der Waals surface area contributed by atoms with E-state index in [1.807, 2.05) is 41.3 Å². The van der Waals surface area contributed by atoms with Gasteiger partial charge in [0.1, 0.15) is 12.4 Å². The summed E-state index contributed by atoms with van der Waals surface area (Å²) in [6, 6.07) is 18.4. The van der Waals surface area contributed by atoms with Crippen LogP contribution in [0, 0.1) is 5.82 Å². The molecule has 31 heavy (non-hydrogen) atoms. The summed E-state index contributed by atoms with van der Waals surface area (Å²) in [5.41, 5.74) is 2.55. The standard InChI is InChI=1S/C26H25FN2O2/c27-23-11-9-18(10-12-23)19-5-6-21-16-22(8-7-20(21)15-19)26(31)28-13-14-29(25(30)17-28)24-3-1-2-4-24/h5-12,15-16,24H,1-4,13-14,17H2. The molecule has 2 amide bonds. The third-order valence-corrected chi connectivity index (χ3v) is 6.57. The molecular formula is C26H25FN2O2. The van der Waals surface area contributed by atoms with Crippen LogP contribution < -0.4 is 0 Å². The van der Waals surface area contributed by atoms with Crippen LogP contribution in [0.5, 0.6) is 0 Å². The van der Waals surface area contributed by atoms with Crippen LogP contribution in [-0.2, 0) is 4.79 Å². The fraction of sp³-hybridized carbons (Fsp3) is 0.308. The summed E-state index contributed by atoms with van der Waals surface area (Å²) in [5.74, 6) is -0.282. The highest BCUT2D eigenvalue weighted by Gasteiger charge is 2.33. The van der Waals surface area contributed by atoms with Gasteiger partial charge in [0.25, 0.3) is 5.91 Å². The molecule has 1 aliphatic heterocycles. The molecule has 3 aromatic carbocycles. The maximum Gasteiger partial charge on any atom is 0.254 e. The lowest BCUT2D eigenvalue weighted by atomic mass is 9.99. The Hall–Kier alpha value is -3.21. The molecule has 0 aromatic heterocycles. The molecule has 5 rings (SSSR count). The molecule has 1 saturated heterocycles. The Labute approximate surface area is 181 Å². The predicted molar refractivity (Wildman–Crippen MR) is 119 cm³/mol. The highest BCUT2D eigenvalue weighted by Crippen LogP contribution is 2.27. The lowest BCUT2D eigenvalue weighted by Gasteiger charge is -2.37. The van der Waals surface area contributed by atoms with Gasteiger partial charge in [0, 0.05) is 24.7 Å². The second-order valence-corrected chi connectivity index (χ2v) is 8.54. The summed E-state index contributed by atoms with van der Waals surface area (Å²) in [6.45, 7) is 1.38. The fourth-order valence-corrected chi connectivity index (χ4v) is 4.85. The lowest BCUT2D eigenvalue weighted by Crippen LogP contribution is -2.54. The van der Waals surface area contributed by atoms with Gasteiger partial charge in [-0.05, 0) is 65.1 Å². The van der Waals surface area contributed by atoms with Gasteiger partial charge in [-0.3, -0.25) is 9.59 Å². The predicted octanol–water partition coefficient (Wildman–Crippen LogP) is 4.87. The molecule has 0 atom stereocenters. The van der Waals surface area contributed by atoms with Crippen molar-refractivity contribution in [3.05, 3.63) is 72.0 Å². The Morgan fingerprint density at radius 3 is 2.26 bits per heavy atom. The van der Waals surface area contributed by atoms with Crippen molar-refractivity contribution < 1.29 is 14.0 Å². The number of rotatable bonds is 3. The van der Waals surface area contributed by atoms with Crippen molar-refractivity contribution >= 4 is 22.6 Å². The molecule has 3 aromatic rings. The molecule has 2 fully saturated rings. The molecular weight excluding hydrogens is 391 g/mol. The SMILES string of the molecule is O=C(c1ccc2cc(-c3ccc(F)cc3)ccc2c1)N1CCN(C2CCCC2)C(=O)C1. The van der Waals surface area contributed by atoms with Crippen LogP contribution in [0.1, 0.15) is 36.0 Å². The first-order chi connectivity index (χ1) is 15.1. The normalized spacial score (nSPS) is 17.5. The van der Waals surface area contributed by atoms with Crippen LogP contribution >= 0.6 is 0 Å². The third kappa shape index (κ3) is 3.92. The summed E-state index contributed by atoms with van der Waals surface area (Å²) in [5, 5.41) is 1.98. The van der Waals surface area contributed by atoms with Crippen molar-refractivity contribution in [2.75, 3.05) is 19.6 Å². The van der Waals surface area contributed by atoms with Crippen LogP contribution in [0.2, 0.25) is 0 Å². The van der Waals surface area contributed by atoms with E-state index in [0.29, 0.717) is 24.7 Å². The van der Waals surface area contributed by atoms with E-state index in [0.717, 1.165) is 34.7 Å². The molecule has 1 aliphatic carbocycles. The van der Waals surface area contributed by atoms with Gasteiger partial charge < -0.3 is 9.80 Å². The molecule has 158 valence electrons. The van der Waals surface area contributed by atoms with Crippen LogP contribution in [0.4, 0.5) is 4.39 Å². The van der Waals surface area contributed by atoms with Gasteiger partial charge in [-0.1, -0.05) is 43.2 Å². The third-order valence-electron chi connectivity index (χ3n) is 6.57. The summed E-state index contributed by atoms with van der Waals surface area (Å²) in [4.78, 5) is 29.3. The minimum Gasteiger partial charge on any atom is -0.336 e. The van der Waals surface area contributed by atoms with Crippen molar-refractivity contribution in [3.8, 4) is 11.1 Å². The Balaban J connectivity index is 1.33. The Kier molecular flexibility index (Phi) is 5.18. The number of halogens is 1. The van der Waals surface area contributed by atoms with E-state index in [2.05, 4.69) is 0 Å². The van der Waals surface area contributed by atoms with Crippen LogP contribution in [0.25, 0.3) is 21.9 Å². The number of fused-ring (bicyclic) bond motifs is 1. The first-order valence-electron chi connectivity index (χ1n) is 11.0. The number of amides is 2. The summed E-state index contributed by atoms with van der Waals surface area (Å²) >= 11 is 0. The van der Waals surface area contributed by atoms with Crippen molar-refractivity contribution in [2.45, 2.75) is 31.7 Å². The van der Waals surface area contributed by atoms with Gasteiger partial charge in [0.15, 0.2) is 0 Å². The molecule has 0 bridgehead atoms. The first kappa shape index (κ1) is 19.7. The number of benzene rings is 3. The second kappa shape index (κ2) is 8.14. The van der Waals surface area contributed by atoms with Gasteiger partial charge >= 0.3 is 0 Å². The number of carbonyl (C=O) groups is 2. The molecule has 1 saturated carbocycles. The molecule has 0 spiro atoms. The number of nitrogens with zero attached hydrogens (tertiary/aromatic N) is 2. The highest BCUT2D eigenvalue weighted by atomic mass is 19.1.